The molecule has 0 saturated heterocycles. The Morgan fingerprint density at radius 3 is 2.19 bits per heavy atom. The number of carbonyl (C=O) groups excluding carboxylic acids is 2. The number of aromatic nitrogens is 1. The molecule has 0 spiro atoms. The zero-order valence-corrected chi connectivity index (χ0v) is 18.8. The summed E-state index contributed by atoms with van der Waals surface area (Å²) < 4.78 is 2.02. The quantitative estimate of drug-likeness (QED) is 0.545. The molecule has 2 amide bonds. The van der Waals surface area contributed by atoms with Crippen molar-refractivity contribution < 1.29 is 9.59 Å². The molecule has 1 aromatic heterocycles. The second-order valence-corrected chi connectivity index (χ2v) is 8.19. The molecule has 0 aliphatic rings. The molecule has 0 atom stereocenters. The van der Waals surface area contributed by atoms with Crippen LogP contribution in [0.4, 0.5) is 0 Å². The molecule has 2 aromatic carbocycles. The van der Waals surface area contributed by atoms with E-state index in [9.17, 15) is 9.59 Å². The van der Waals surface area contributed by atoms with Crippen LogP contribution in [0.25, 0.3) is 0 Å². The van der Waals surface area contributed by atoms with E-state index in [2.05, 4.69) is 0 Å². The topological polar surface area (TPSA) is 45.6 Å². The fraction of sp³-hybridized carbons (Fsp3) is 0.308. The Bertz CT molecular complexity index is 1020. The molecule has 0 bridgehead atoms. The summed E-state index contributed by atoms with van der Waals surface area (Å²) in [4.78, 5) is 30.2. The van der Waals surface area contributed by atoms with E-state index in [1.807, 2.05) is 110 Å². The standard InChI is InChI=1S/C26H31N3O2/c1-20(2)29(26(31)24-15-9-8-11-21(24)3)19-25(30)28(17-22-12-6-5-7-13-22)18-23-14-10-16-27(23)4/h5-16,20H,17-19H2,1-4H3. The van der Waals surface area contributed by atoms with E-state index in [1.165, 1.54) is 0 Å². The molecule has 5 heteroatoms. The van der Waals surface area contributed by atoms with Crippen molar-refractivity contribution in [2.75, 3.05) is 6.54 Å². The third kappa shape index (κ3) is 5.63. The molecule has 0 saturated carbocycles. The fourth-order valence-electron chi connectivity index (χ4n) is 3.59. The molecule has 1 heterocycles. The minimum Gasteiger partial charge on any atom is -0.353 e. The number of aryl methyl sites for hydroxylation is 2. The molecule has 3 aromatic rings. The van der Waals surface area contributed by atoms with Crippen molar-refractivity contribution in [3.8, 4) is 0 Å². The smallest absolute Gasteiger partial charge is 0.254 e. The molecular formula is C26H31N3O2. The Morgan fingerprint density at radius 1 is 0.903 bits per heavy atom. The average molecular weight is 418 g/mol. The summed E-state index contributed by atoms with van der Waals surface area (Å²) >= 11 is 0. The maximum atomic E-state index is 13.4. The molecule has 3 rings (SSSR count). The lowest BCUT2D eigenvalue weighted by atomic mass is 10.1. The van der Waals surface area contributed by atoms with E-state index in [4.69, 9.17) is 0 Å². The van der Waals surface area contributed by atoms with Gasteiger partial charge in [0.15, 0.2) is 0 Å². The highest BCUT2D eigenvalue weighted by atomic mass is 16.2. The molecule has 0 radical (unpaired) electrons. The van der Waals surface area contributed by atoms with Crippen molar-refractivity contribution in [2.24, 2.45) is 7.05 Å². The first kappa shape index (κ1) is 22.3. The zero-order chi connectivity index (χ0) is 22.4. The Hall–Kier alpha value is -3.34. The third-order valence-electron chi connectivity index (χ3n) is 5.54. The first-order valence-electron chi connectivity index (χ1n) is 10.7. The van der Waals surface area contributed by atoms with Gasteiger partial charge in [-0.1, -0.05) is 48.5 Å². The van der Waals surface area contributed by atoms with Gasteiger partial charge < -0.3 is 14.4 Å². The summed E-state index contributed by atoms with van der Waals surface area (Å²) in [6.07, 6.45) is 1.97. The summed E-state index contributed by atoms with van der Waals surface area (Å²) in [6.45, 7) is 6.84. The normalized spacial score (nSPS) is 10.9. The van der Waals surface area contributed by atoms with Gasteiger partial charge in [-0.3, -0.25) is 9.59 Å². The van der Waals surface area contributed by atoms with Gasteiger partial charge in [0, 0.05) is 37.1 Å². The summed E-state index contributed by atoms with van der Waals surface area (Å²) in [6, 6.07) is 21.4. The Kier molecular flexibility index (Phi) is 7.29. The summed E-state index contributed by atoms with van der Waals surface area (Å²) in [5.41, 5.74) is 3.66. The molecule has 0 aliphatic heterocycles. The summed E-state index contributed by atoms with van der Waals surface area (Å²) in [5.74, 6) is -0.180. The number of benzene rings is 2. The number of nitrogens with zero attached hydrogens (tertiary/aromatic N) is 3. The average Bonchev–Trinajstić information content (AvgIpc) is 3.16. The van der Waals surface area contributed by atoms with Crippen LogP contribution in [0.1, 0.15) is 41.0 Å². The molecule has 0 unspecified atom stereocenters. The second-order valence-electron chi connectivity index (χ2n) is 8.19. The first-order valence-corrected chi connectivity index (χ1v) is 10.7. The lowest BCUT2D eigenvalue weighted by molar-refractivity contribution is -0.133. The highest BCUT2D eigenvalue weighted by Crippen LogP contribution is 2.16. The molecule has 5 nitrogen and oxygen atoms in total. The minimum atomic E-state index is -0.111. The van der Waals surface area contributed by atoms with Crippen molar-refractivity contribution in [3.05, 3.63) is 95.3 Å². The van der Waals surface area contributed by atoms with Crippen molar-refractivity contribution in [1.82, 2.24) is 14.4 Å². The SMILES string of the molecule is Cc1ccccc1C(=O)N(CC(=O)N(Cc1ccccc1)Cc1cccn1C)C(C)C. The van der Waals surface area contributed by atoms with Gasteiger partial charge in [-0.05, 0) is 50.1 Å². The van der Waals surface area contributed by atoms with Gasteiger partial charge in [0.25, 0.3) is 5.91 Å². The lowest BCUT2D eigenvalue weighted by Crippen LogP contribution is -2.45. The minimum absolute atomic E-state index is 0.0437. The highest BCUT2D eigenvalue weighted by molar-refractivity contribution is 5.97. The van der Waals surface area contributed by atoms with Gasteiger partial charge in [-0.15, -0.1) is 0 Å². The van der Waals surface area contributed by atoms with E-state index in [1.54, 1.807) is 4.90 Å². The van der Waals surface area contributed by atoms with Crippen LogP contribution in [0, 0.1) is 6.92 Å². The predicted octanol–water partition coefficient (Wildman–Crippen LogP) is 4.41. The zero-order valence-electron chi connectivity index (χ0n) is 18.8. The van der Waals surface area contributed by atoms with Crippen molar-refractivity contribution >= 4 is 11.8 Å². The Balaban J connectivity index is 1.83. The third-order valence-corrected chi connectivity index (χ3v) is 5.54. The number of rotatable bonds is 8. The van der Waals surface area contributed by atoms with E-state index in [0.717, 1.165) is 16.8 Å². The van der Waals surface area contributed by atoms with Gasteiger partial charge in [-0.2, -0.15) is 0 Å². The largest absolute Gasteiger partial charge is 0.353 e. The molecule has 31 heavy (non-hydrogen) atoms. The second kappa shape index (κ2) is 10.1. The van der Waals surface area contributed by atoms with Crippen LogP contribution in [0.3, 0.4) is 0 Å². The number of carbonyl (C=O) groups is 2. The lowest BCUT2D eigenvalue weighted by Gasteiger charge is -2.30. The molecule has 162 valence electrons. The van der Waals surface area contributed by atoms with Crippen LogP contribution in [-0.2, 0) is 24.9 Å². The number of hydrogen-bond donors (Lipinski definition) is 0. The van der Waals surface area contributed by atoms with Crippen LogP contribution in [0.2, 0.25) is 0 Å². The van der Waals surface area contributed by atoms with Gasteiger partial charge in [0.2, 0.25) is 5.91 Å². The van der Waals surface area contributed by atoms with Gasteiger partial charge in [0.05, 0.1) is 6.54 Å². The Labute approximate surface area is 184 Å². The molecule has 0 fully saturated rings. The molecule has 0 aliphatic carbocycles. The van der Waals surface area contributed by atoms with Crippen LogP contribution in [-0.4, -0.2) is 38.8 Å². The van der Waals surface area contributed by atoms with E-state index >= 15 is 0 Å². The monoisotopic (exact) mass is 417 g/mol. The van der Waals surface area contributed by atoms with Crippen LogP contribution in [0.15, 0.2) is 72.9 Å². The number of amides is 2. The fourth-order valence-corrected chi connectivity index (χ4v) is 3.59. The first-order chi connectivity index (χ1) is 14.9. The maximum Gasteiger partial charge on any atom is 0.254 e. The van der Waals surface area contributed by atoms with E-state index < -0.39 is 0 Å². The van der Waals surface area contributed by atoms with Gasteiger partial charge in [-0.25, -0.2) is 0 Å². The van der Waals surface area contributed by atoms with Crippen LogP contribution in [0.5, 0.6) is 0 Å². The van der Waals surface area contributed by atoms with Crippen LogP contribution < -0.4 is 0 Å². The van der Waals surface area contributed by atoms with E-state index in [-0.39, 0.29) is 24.4 Å². The van der Waals surface area contributed by atoms with Crippen molar-refractivity contribution in [2.45, 2.75) is 39.9 Å². The molecular weight excluding hydrogens is 386 g/mol. The number of hydrogen-bond acceptors (Lipinski definition) is 2. The summed E-state index contributed by atoms with van der Waals surface area (Å²) in [5, 5.41) is 0. The summed E-state index contributed by atoms with van der Waals surface area (Å²) in [7, 11) is 1.97. The maximum absolute atomic E-state index is 13.4. The van der Waals surface area contributed by atoms with Gasteiger partial charge >= 0.3 is 0 Å². The van der Waals surface area contributed by atoms with Crippen molar-refractivity contribution in [3.63, 3.8) is 0 Å². The predicted molar refractivity (Wildman–Crippen MR) is 123 cm³/mol. The highest BCUT2D eigenvalue weighted by Gasteiger charge is 2.25. The Morgan fingerprint density at radius 2 is 1.58 bits per heavy atom. The van der Waals surface area contributed by atoms with E-state index in [0.29, 0.717) is 18.7 Å². The van der Waals surface area contributed by atoms with Gasteiger partial charge in [0.1, 0.15) is 6.54 Å². The van der Waals surface area contributed by atoms with Crippen molar-refractivity contribution in [1.29, 1.82) is 0 Å². The molecule has 0 N–H and O–H groups in total. The van der Waals surface area contributed by atoms with Crippen LogP contribution >= 0.6 is 0 Å².